The number of nitrogens with zero attached hydrogens (tertiary/aromatic N) is 2. The Balaban J connectivity index is 2.19. The molecule has 1 aromatic heterocycles. The maximum absolute atomic E-state index is 5.63. The molecule has 0 bridgehead atoms. The van der Waals surface area contributed by atoms with Gasteiger partial charge in [-0.25, -0.2) is 0 Å². The Morgan fingerprint density at radius 2 is 2.46 bits per heavy atom. The van der Waals surface area contributed by atoms with E-state index in [0.29, 0.717) is 12.6 Å². The minimum atomic E-state index is 0.339. The van der Waals surface area contributed by atoms with Gasteiger partial charge in [-0.15, -0.1) is 0 Å². The summed E-state index contributed by atoms with van der Waals surface area (Å²) >= 11 is 0. The molecule has 2 rings (SSSR count). The molecule has 1 unspecified atom stereocenters. The van der Waals surface area contributed by atoms with E-state index >= 15 is 0 Å². The van der Waals surface area contributed by atoms with Gasteiger partial charge >= 0.3 is 0 Å². The Kier molecular flexibility index (Phi) is 2.36. The standard InChI is InChI=1S/C10H17N3/c1-8(7-11)13-10(5-6-12-13)9-3-2-4-9/h5-6,8-9H,2-4,7,11H2,1H3. The summed E-state index contributed by atoms with van der Waals surface area (Å²) < 4.78 is 2.09. The molecule has 1 atom stereocenters. The molecule has 0 aliphatic heterocycles. The maximum Gasteiger partial charge on any atom is 0.0616 e. The minimum absolute atomic E-state index is 0.339. The average Bonchev–Trinajstić information content (AvgIpc) is 2.49. The van der Waals surface area contributed by atoms with Crippen molar-refractivity contribution in [3.63, 3.8) is 0 Å². The van der Waals surface area contributed by atoms with Gasteiger partial charge in [0.05, 0.1) is 6.04 Å². The molecule has 3 heteroatoms. The Morgan fingerprint density at radius 3 is 3.00 bits per heavy atom. The van der Waals surface area contributed by atoms with E-state index in [4.69, 9.17) is 5.73 Å². The third-order valence-corrected chi connectivity index (χ3v) is 2.98. The maximum atomic E-state index is 5.63. The molecule has 1 fully saturated rings. The van der Waals surface area contributed by atoms with E-state index < -0.39 is 0 Å². The molecule has 13 heavy (non-hydrogen) atoms. The first-order valence-electron chi connectivity index (χ1n) is 5.06. The molecule has 1 aliphatic carbocycles. The molecular formula is C10H17N3. The van der Waals surface area contributed by atoms with E-state index in [2.05, 4.69) is 22.8 Å². The van der Waals surface area contributed by atoms with Crippen molar-refractivity contribution in [3.05, 3.63) is 18.0 Å². The Morgan fingerprint density at radius 1 is 1.69 bits per heavy atom. The summed E-state index contributed by atoms with van der Waals surface area (Å²) in [5.41, 5.74) is 7.01. The highest BCUT2D eigenvalue weighted by atomic mass is 15.3. The van der Waals surface area contributed by atoms with Gasteiger partial charge in [0.15, 0.2) is 0 Å². The first-order valence-corrected chi connectivity index (χ1v) is 5.06. The number of hydrogen-bond acceptors (Lipinski definition) is 2. The van der Waals surface area contributed by atoms with Crippen LogP contribution in [0.25, 0.3) is 0 Å². The summed E-state index contributed by atoms with van der Waals surface area (Å²) in [5, 5.41) is 4.33. The lowest BCUT2D eigenvalue weighted by atomic mass is 9.83. The average molecular weight is 179 g/mol. The van der Waals surface area contributed by atoms with Crippen LogP contribution in [0.2, 0.25) is 0 Å². The Hall–Kier alpha value is -0.830. The van der Waals surface area contributed by atoms with Gasteiger partial charge in [-0.3, -0.25) is 4.68 Å². The summed E-state index contributed by atoms with van der Waals surface area (Å²) in [6, 6.07) is 2.47. The minimum Gasteiger partial charge on any atom is -0.328 e. The fourth-order valence-electron chi connectivity index (χ4n) is 1.82. The number of aromatic nitrogens is 2. The summed E-state index contributed by atoms with van der Waals surface area (Å²) in [5.74, 6) is 0.747. The monoisotopic (exact) mass is 179 g/mol. The van der Waals surface area contributed by atoms with E-state index in [9.17, 15) is 0 Å². The van der Waals surface area contributed by atoms with Crippen LogP contribution in [0.5, 0.6) is 0 Å². The molecule has 1 aromatic rings. The Labute approximate surface area is 78.9 Å². The van der Waals surface area contributed by atoms with Crippen LogP contribution >= 0.6 is 0 Å². The molecular weight excluding hydrogens is 162 g/mol. The smallest absolute Gasteiger partial charge is 0.0616 e. The number of rotatable bonds is 3. The fraction of sp³-hybridized carbons (Fsp3) is 0.700. The third kappa shape index (κ3) is 1.48. The van der Waals surface area contributed by atoms with E-state index in [1.54, 1.807) is 0 Å². The van der Waals surface area contributed by atoms with Crippen LogP contribution in [0.3, 0.4) is 0 Å². The molecule has 1 aliphatic rings. The molecule has 3 nitrogen and oxygen atoms in total. The second kappa shape index (κ2) is 3.50. The highest BCUT2D eigenvalue weighted by Gasteiger charge is 2.23. The van der Waals surface area contributed by atoms with Crippen molar-refractivity contribution < 1.29 is 0 Å². The van der Waals surface area contributed by atoms with Crippen LogP contribution in [0.1, 0.15) is 43.8 Å². The molecule has 2 N–H and O–H groups in total. The normalized spacial score (nSPS) is 19.8. The third-order valence-electron chi connectivity index (χ3n) is 2.98. The fourth-order valence-corrected chi connectivity index (χ4v) is 1.82. The van der Waals surface area contributed by atoms with Gasteiger partial charge in [0.25, 0.3) is 0 Å². The van der Waals surface area contributed by atoms with Gasteiger partial charge in [0, 0.05) is 24.4 Å². The first-order chi connectivity index (χ1) is 6.33. The SMILES string of the molecule is CC(CN)n1nccc1C1CCC1. The molecule has 0 radical (unpaired) electrons. The highest BCUT2D eigenvalue weighted by molar-refractivity contribution is 5.11. The van der Waals surface area contributed by atoms with Crippen molar-refractivity contribution in [1.29, 1.82) is 0 Å². The largest absolute Gasteiger partial charge is 0.328 e. The summed E-state index contributed by atoms with van der Waals surface area (Å²) in [6.45, 7) is 2.79. The number of hydrogen-bond donors (Lipinski definition) is 1. The zero-order valence-electron chi connectivity index (χ0n) is 8.11. The van der Waals surface area contributed by atoms with Crippen LogP contribution in [0.15, 0.2) is 12.3 Å². The molecule has 1 saturated carbocycles. The van der Waals surface area contributed by atoms with E-state index in [1.165, 1.54) is 25.0 Å². The summed E-state index contributed by atoms with van der Waals surface area (Å²) in [4.78, 5) is 0. The molecule has 0 spiro atoms. The molecule has 0 amide bonds. The predicted octanol–water partition coefficient (Wildman–Crippen LogP) is 1.67. The van der Waals surface area contributed by atoms with Crippen molar-refractivity contribution in [1.82, 2.24) is 9.78 Å². The lowest BCUT2D eigenvalue weighted by Crippen LogP contribution is -2.22. The van der Waals surface area contributed by atoms with Gasteiger partial charge in [-0.1, -0.05) is 6.42 Å². The van der Waals surface area contributed by atoms with Crippen LogP contribution in [0.4, 0.5) is 0 Å². The highest BCUT2D eigenvalue weighted by Crippen LogP contribution is 2.36. The Bertz CT molecular complexity index is 256. The lowest BCUT2D eigenvalue weighted by molar-refractivity contribution is 0.370. The van der Waals surface area contributed by atoms with Crippen molar-refractivity contribution >= 4 is 0 Å². The quantitative estimate of drug-likeness (QED) is 0.767. The van der Waals surface area contributed by atoms with Gasteiger partial charge < -0.3 is 5.73 Å². The molecule has 1 heterocycles. The van der Waals surface area contributed by atoms with Crippen molar-refractivity contribution in [3.8, 4) is 0 Å². The van der Waals surface area contributed by atoms with Gasteiger partial charge in [0.2, 0.25) is 0 Å². The van der Waals surface area contributed by atoms with E-state index in [-0.39, 0.29) is 0 Å². The predicted molar refractivity (Wildman–Crippen MR) is 52.6 cm³/mol. The zero-order valence-corrected chi connectivity index (χ0v) is 8.11. The molecule has 0 aromatic carbocycles. The van der Waals surface area contributed by atoms with E-state index in [1.807, 2.05) is 6.20 Å². The van der Waals surface area contributed by atoms with Crippen molar-refractivity contribution in [2.75, 3.05) is 6.54 Å². The second-order valence-corrected chi connectivity index (χ2v) is 3.91. The van der Waals surface area contributed by atoms with Crippen molar-refractivity contribution in [2.45, 2.75) is 38.1 Å². The summed E-state index contributed by atoms with van der Waals surface area (Å²) in [7, 11) is 0. The topological polar surface area (TPSA) is 43.8 Å². The number of nitrogens with two attached hydrogens (primary N) is 1. The van der Waals surface area contributed by atoms with Crippen LogP contribution in [-0.4, -0.2) is 16.3 Å². The van der Waals surface area contributed by atoms with Gasteiger partial charge in [-0.05, 0) is 25.8 Å². The van der Waals surface area contributed by atoms with Crippen LogP contribution in [-0.2, 0) is 0 Å². The van der Waals surface area contributed by atoms with E-state index in [0.717, 1.165) is 5.92 Å². The molecule has 0 saturated heterocycles. The van der Waals surface area contributed by atoms with Gasteiger partial charge in [-0.2, -0.15) is 5.10 Å². The van der Waals surface area contributed by atoms with Crippen LogP contribution < -0.4 is 5.73 Å². The summed E-state index contributed by atoms with van der Waals surface area (Å²) in [6.07, 6.45) is 5.90. The zero-order chi connectivity index (χ0) is 9.26. The second-order valence-electron chi connectivity index (χ2n) is 3.91. The first kappa shape index (κ1) is 8.75. The molecule has 72 valence electrons. The van der Waals surface area contributed by atoms with Crippen molar-refractivity contribution in [2.24, 2.45) is 5.73 Å². The lowest BCUT2D eigenvalue weighted by Gasteiger charge is -2.27. The van der Waals surface area contributed by atoms with Crippen LogP contribution in [0, 0.1) is 0 Å². The van der Waals surface area contributed by atoms with Gasteiger partial charge in [0.1, 0.15) is 0 Å².